The van der Waals surface area contributed by atoms with E-state index in [2.05, 4.69) is 0 Å². The summed E-state index contributed by atoms with van der Waals surface area (Å²) in [7, 11) is -0.650. The van der Waals surface area contributed by atoms with Gasteiger partial charge in [-0.3, -0.25) is 4.79 Å². The molecule has 0 aromatic heterocycles. The van der Waals surface area contributed by atoms with Crippen LogP contribution in [0.2, 0.25) is 0 Å². The molecule has 0 spiro atoms. The van der Waals surface area contributed by atoms with Crippen molar-refractivity contribution in [3.8, 4) is 0 Å². The number of hydrogen-bond donors (Lipinski definition) is 2. The first kappa shape index (κ1) is 18.2. The SMILES string of the molecule is CC1(C)OB(C(=Cc2ccccc2C2(C(=O)O)CC2)CO)OC1(C)C. The lowest BCUT2D eigenvalue weighted by Crippen LogP contribution is -2.41. The average molecular weight is 344 g/mol. The maximum atomic E-state index is 11.7. The van der Waals surface area contributed by atoms with Crippen molar-refractivity contribution in [3.05, 3.63) is 40.9 Å². The van der Waals surface area contributed by atoms with Crippen LogP contribution in [0.1, 0.15) is 51.7 Å². The van der Waals surface area contributed by atoms with Gasteiger partial charge in [-0.05, 0) is 57.1 Å². The smallest absolute Gasteiger partial charge is 0.481 e. The first-order chi connectivity index (χ1) is 11.6. The summed E-state index contributed by atoms with van der Waals surface area (Å²) in [6.45, 7) is 7.61. The van der Waals surface area contributed by atoms with Gasteiger partial charge in [0.1, 0.15) is 0 Å². The third-order valence-corrected chi connectivity index (χ3v) is 5.72. The Morgan fingerprint density at radius 2 is 1.72 bits per heavy atom. The molecule has 0 radical (unpaired) electrons. The van der Waals surface area contributed by atoms with Crippen LogP contribution in [0.15, 0.2) is 29.7 Å². The number of aliphatic hydroxyl groups excluding tert-OH is 1. The van der Waals surface area contributed by atoms with Crippen molar-refractivity contribution < 1.29 is 24.3 Å². The molecule has 134 valence electrons. The highest BCUT2D eigenvalue weighted by molar-refractivity contribution is 6.55. The van der Waals surface area contributed by atoms with Gasteiger partial charge < -0.3 is 19.5 Å². The minimum Gasteiger partial charge on any atom is -0.481 e. The van der Waals surface area contributed by atoms with E-state index in [4.69, 9.17) is 9.31 Å². The number of carbonyl (C=O) groups is 1. The first-order valence-electron chi connectivity index (χ1n) is 8.63. The van der Waals surface area contributed by atoms with Gasteiger partial charge in [0.05, 0.1) is 23.2 Å². The Balaban J connectivity index is 1.96. The molecule has 6 heteroatoms. The molecule has 5 nitrogen and oxygen atoms in total. The monoisotopic (exact) mass is 344 g/mol. The minimum atomic E-state index is -0.802. The fourth-order valence-corrected chi connectivity index (χ4v) is 3.16. The zero-order valence-electron chi connectivity index (χ0n) is 15.2. The van der Waals surface area contributed by atoms with Crippen molar-refractivity contribution in [1.82, 2.24) is 0 Å². The summed E-state index contributed by atoms with van der Waals surface area (Å²) in [5.41, 5.74) is 0.372. The van der Waals surface area contributed by atoms with Crippen molar-refractivity contribution >= 4 is 19.2 Å². The van der Waals surface area contributed by atoms with Crippen LogP contribution in [0.4, 0.5) is 0 Å². The van der Waals surface area contributed by atoms with Gasteiger partial charge in [-0.2, -0.15) is 0 Å². The number of aliphatic carboxylic acids is 1. The molecule has 2 N–H and O–H groups in total. The van der Waals surface area contributed by atoms with Crippen LogP contribution >= 0.6 is 0 Å². The minimum absolute atomic E-state index is 0.217. The predicted molar refractivity (Wildman–Crippen MR) is 96.1 cm³/mol. The van der Waals surface area contributed by atoms with Gasteiger partial charge in [0, 0.05) is 0 Å². The summed E-state index contributed by atoms with van der Waals surface area (Å²) < 4.78 is 12.0. The summed E-state index contributed by atoms with van der Waals surface area (Å²) >= 11 is 0. The van der Waals surface area contributed by atoms with E-state index in [1.54, 1.807) is 6.08 Å². The molecule has 1 aromatic carbocycles. The van der Waals surface area contributed by atoms with Gasteiger partial charge in [-0.25, -0.2) is 0 Å². The van der Waals surface area contributed by atoms with Gasteiger partial charge in [0.25, 0.3) is 0 Å². The topological polar surface area (TPSA) is 76.0 Å². The predicted octanol–water partition coefficient (Wildman–Crippen LogP) is 2.81. The number of carboxylic acid groups (broad SMARTS) is 1. The van der Waals surface area contributed by atoms with E-state index < -0.39 is 29.7 Å². The van der Waals surface area contributed by atoms with Crippen molar-refractivity contribution in [1.29, 1.82) is 0 Å². The van der Waals surface area contributed by atoms with Gasteiger partial charge in [0.2, 0.25) is 0 Å². The fourth-order valence-electron chi connectivity index (χ4n) is 3.16. The third kappa shape index (κ3) is 3.03. The first-order valence-corrected chi connectivity index (χ1v) is 8.63. The van der Waals surface area contributed by atoms with Crippen LogP contribution in [-0.4, -0.2) is 41.1 Å². The lowest BCUT2D eigenvalue weighted by atomic mass is 9.76. The third-order valence-electron chi connectivity index (χ3n) is 5.72. The van der Waals surface area contributed by atoms with Crippen LogP contribution in [-0.2, 0) is 19.5 Å². The highest BCUT2D eigenvalue weighted by Crippen LogP contribution is 2.50. The maximum Gasteiger partial charge on any atom is 0.492 e. The molecule has 1 aromatic rings. The Labute approximate surface area is 148 Å². The highest BCUT2D eigenvalue weighted by atomic mass is 16.7. The summed E-state index contributed by atoms with van der Waals surface area (Å²) in [6.07, 6.45) is 3.08. The van der Waals surface area contributed by atoms with Gasteiger partial charge in [0.15, 0.2) is 0 Å². The van der Waals surface area contributed by atoms with E-state index in [1.165, 1.54) is 0 Å². The lowest BCUT2D eigenvalue weighted by molar-refractivity contribution is -0.140. The number of rotatable bonds is 5. The molecule has 1 saturated heterocycles. The van der Waals surface area contributed by atoms with Crippen LogP contribution in [0, 0.1) is 0 Å². The quantitative estimate of drug-likeness (QED) is 0.804. The van der Waals surface area contributed by atoms with E-state index in [0.29, 0.717) is 18.3 Å². The molecule has 0 unspecified atom stereocenters. The Kier molecular flexibility index (Phi) is 4.34. The van der Waals surface area contributed by atoms with Crippen LogP contribution in [0.3, 0.4) is 0 Å². The standard InChI is InChI=1S/C19H25BO5/c1-17(2)18(3,4)25-20(24-17)14(12-21)11-13-7-5-6-8-15(13)19(9-10-19)16(22)23/h5-8,11,21H,9-10,12H2,1-4H3,(H,22,23). The summed E-state index contributed by atoms with van der Waals surface area (Å²) in [5.74, 6) is -0.797. The largest absolute Gasteiger partial charge is 0.492 e. The molecule has 25 heavy (non-hydrogen) atoms. The molecular formula is C19H25BO5. The fraction of sp³-hybridized carbons (Fsp3) is 0.526. The Morgan fingerprint density at radius 3 is 2.20 bits per heavy atom. The second-order valence-electron chi connectivity index (χ2n) is 7.94. The molecule has 0 amide bonds. The van der Waals surface area contributed by atoms with Crippen LogP contribution in [0.5, 0.6) is 0 Å². The molecule has 2 aliphatic rings. The number of aliphatic hydroxyl groups is 1. The molecular weight excluding hydrogens is 319 g/mol. The van der Waals surface area contributed by atoms with Crippen molar-refractivity contribution in [3.63, 3.8) is 0 Å². The van der Waals surface area contributed by atoms with E-state index >= 15 is 0 Å². The second-order valence-corrected chi connectivity index (χ2v) is 7.94. The zero-order chi connectivity index (χ0) is 18.5. The van der Waals surface area contributed by atoms with Gasteiger partial charge >= 0.3 is 13.1 Å². The van der Waals surface area contributed by atoms with Crippen molar-refractivity contribution in [2.45, 2.75) is 57.2 Å². The molecule has 1 heterocycles. The van der Waals surface area contributed by atoms with E-state index in [0.717, 1.165) is 11.1 Å². The number of benzene rings is 1. The highest BCUT2D eigenvalue weighted by Gasteiger charge is 2.54. The Bertz CT molecular complexity index is 702. The molecule has 1 aliphatic carbocycles. The molecule has 1 aliphatic heterocycles. The normalized spacial score (nSPS) is 23.6. The van der Waals surface area contributed by atoms with Crippen molar-refractivity contribution in [2.75, 3.05) is 6.61 Å². The Hall–Kier alpha value is -1.63. The van der Waals surface area contributed by atoms with Gasteiger partial charge in [-0.15, -0.1) is 0 Å². The number of hydrogen-bond acceptors (Lipinski definition) is 4. The summed E-state index contributed by atoms with van der Waals surface area (Å²) in [5, 5.41) is 19.5. The van der Waals surface area contributed by atoms with E-state index in [9.17, 15) is 15.0 Å². The molecule has 1 saturated carbocycles. The Morgan fingerprint density at radius 1 is 1.16 bits per heavy atom. The average Bonchev–Trinajstić information content (AvgIpc) is 3.29. The zero-order valence-corrected chi connectivity index (χ0v) is 15.2. The summed E-state index contributed by atoms with van der Waals surface area (Å²) in [6, 6.07) is 7.45. The molecule has 0 bridgehead atoms. The van der Waals surface area contributed by atoms with Crippen LogP contribution in [0.25, 0.3) is 6.08 Å². The maximum absolute atomic E-state index is 11.7. The lowest BCUT2D eigenvalue weighted by Gasteiger charge is -2.32. The summed E-state index contributed by atoms with van der Waals surface area (Å²) in [4.78, 5) is 11.7. The van der Waals surface area contributed by atoms with Crippen molar-refractivity contribution in [2.24, 2.45) is 0 Å². The van der Waals surface area contributed by atoms with E-state index in [1.807, 2.05) is 52.0 Å². The van der Waals surface area contributed by atoms with Crippen LogP contribution < -0.4 is 0 Å². The number of carboxylic acids is 1. The second kappa shape index (κ2) is 5.97. The molecule has 3 rings (SSSR count). The van der Waals surface area contributed by atoms with E-state index in [-0.39, 0.29) is 6.61 Å². The molecule has 2 fully saturated rings. The molecule has 0 atom stereocenters. The van der Waals surface area contributed by atoms with Gasteiger partial charge in [-0.1, -0.05) is 30.3 Å².